The van der Waals surface area contributed by atoms with E-state index in [2.05, 4.69) is 0 Å². The molecule has 0 nitrogen and oxygen atoms in total. The molecule has 0 N–H and O–H groups in total. The molecule has 0 heterocycles. The van der Waals surface area contributed by atoms with E-state index >= 15 is 0 Å². The molecule has 0 atom stereocenters. The molecular formula is C6H6B. The molecule has 0 aliphatic heterocycles. The molecule has 0 fully saturated rings. The molecule has 1 heteroatoms. The smallest absolute Gasteiger partial charge is 0 e. The molecule has 7 heavy (non-hydrogen) atoms. The predicted octanol–water partition coefficient (Wildman–Crippen LogP) is 1.31. The van der Waals surface area contributed by atoms with E-state index in [1.807, 2.05) is 36.4 Å². The van der Waals surface area contributed by atoms with Crippen LogP contribution in [0, 0.1) is 0 Å². The SMILES string of the molecule is [B].c1ccccc1. The van der Waals surface area contributed by atoms with Gasteiger partial charge in [0.05, 0.1) is 0 Å². The molecule has 0 aliphatic carbocycles. The first kappa shape index (κ1) is 6.28. The van der Waals surface area contributed by atoms with Crippen molar-refractivity contribution in [3.63, 3.8) is 0 Å². The molecule has 1 rings (SSSR count). The van der Waals surface area contributed by atoms with Gasteiger partial charge in [0.1, 0.15) is 0 Å². The fraction of sp³-hybridized carbons (Fsp3) is 0. The minimum absolute atomic E-state index is 0. The summed E-state index contributed by atoms with van der Waals surface area (Å²) in [6.45, 7) is 0. The Balaban J connectivity index is 0.000000360. The van der Waals surface area contributed by atoms with Crippen molar-refractivity contribution >= 4 is 8.41 Å². The van der Waals surface area contributed by atoms with Gasteiger partial charge in [0.25, 0.3) is 0 Å². The molecule has 0 spiro atoms. The summed E-state index contributed by atoms with van der Waals surface area (Å²) < 4.78 is 0. The van der Waals surface area contributed by atoms with Crippen molar-refractivity contribution in [2.24, 2.45) is 0 Å². The molecule has 0 aliphatic rings. The molecule has 1 aromatic rings. The molecule has 0 aromatic heterocycles. The Morgan fingerprint density at radius 3 is 0.714 bits per heavy atom. The fourth-order valence-electron chi connectivity index (χ4n) is 0.385. The topological polar surface area (TPSA) is 0 Å². The molecule has 0 unspecified atom stereocenters. The zero-order chi connectivity index (χ0) is 4.24. The van der Waals surface area contributed by atoms with Crippen LogP contribution < -0.4 is 0 Å². The minimum Gasteiger partial charge on any atom is -0.0623 e. The second-order valence-electron chi connectivity index (χ2n) is 1.15. The van der Waals surface area contributed by atoms with Gasteiger partial charge in [-0.3, -0.25) is 0 Å². The van der Waals surface area contributed by atoms with Crippen LogP contribution in [0.5, 0.6) is 0 Å². The van der Waals surface area contributed by atoms with Crippen molar-refractivity contribution in [3.8, 4) is 0 Å². The molecular weight excluding hydrogens is 82.9 g/mol. The molecule has 0 saturated carbocycles. The Hall–Kier alpha value is -0.715. The fourth-order valence-corrected chi connectivity index (χ4v) is 0.385. The third-order valence-corrected chi connectivity index (χ3v) is 0.667. The Morgan fingerprint density at radius 2 is 0.571 bits per heavy atom. The van der Waals surface area contributed by atoms with E-state index in [-0.39, 0.29) is 8.41 Å². The van der Waals surface area contributed by atoms with E-state index in [9.17, 15) is 0 Å². The van der Waals surface area contributed by atoms with E-state index in [4.69, 9.17) is 0 Å². The Bertz CT molecular complexity index is 76.1. The molecule has 0 saturated heterocycles. The number of hydrogen-bond acceptors (Lipinski definition) is 0. The zero-order valence-electron chi connectivity index (χ0n) is 4.04. The zero-order valence-corrected chi connectivity index (χ0v) is 4.04. The summed E-state index contributed by atoms with van der Waals surface area (Å²) in [6.07, 6.45) is 0. The average Bonchev–Trinajstić information content (AvgIpc) is 1.72. The quantitative estimate of drug-likeness (QED) is 0.420. The van der Waals surface area contributed by atoms with Crippen LogP contribution in [0.2, 0.25) is 0 Å². The molecule has 0 amide bonds. The highest BCUT2D eigenvalue weighted by atomic mass is 13.6. The van der Waals surface area contributed by atoms with Crippen molar-refractivity contribution < 1.29 is 0 Å². The largest absolute Gasteiger partial charge is 0.0623 e. The third kappa shape index (κ3) is 2.04. The molecule has 33 valence electrons. The minimum atomic E-state index is 0. The van der Waals surface area contributed by atoms with E-state index in [1.165, 1.54) is 0 Å². The van der Waals surface area contributed by atoms with Gasteiger partial charge in [-0.1, -0.05) is 36.4 Å². The predicted molar refractivity (Wildman–Crippen MR) is 32.2 cm³/mol. The summed E-state index contributed by atoms with van der Waals surface area (Å²) in [6, 6.07) is 12.0. The van der Waals surface area contributed by atoms with Gasteiger partial charge >= 0.3 is 0 Å². The van der Waals surface area contributed by atoms with Crippen LogP contribution in [0.15, 0.2) is 36.4 Å². The van der Waals surface area contributed by atoms with Gasteiger partial charge in [-0.2, -0.15) is 0 Å². The van der Waals surface area contributed by atoms with Gasteiger partial charge in [-0.15, -0.1) is 0 Å². The number of benzene rings is 1. The monoisotopic (exact) mass is 89.1 g/mol. The average molecular weight is 88.9 g/mol. The van der Waals surface area contributed by atoms with Crippen LogP contribution in [-0.2, 0) is 0 Å². The lowest BCUT2D eigenvalue weighted by Crippen LogP contribution is -1.47. The number of hydrogen-bond donors (Lipinski definition) is 0. The second kappa shape index (κ2) is 3.47. The number of rotatable bonds is 0. The van der Waals surface area contributed by atoms with Crippen molar-refractivity contribution in [3.05, 3.63) is 36.4 Å². The van der Waals surface area contributed by atoms with Gasteiger partial charge in [-0.25, -0.2) is 0 Å². The Labute approximate surface area is 45.8 Å². The van der Waals surface area contributed by atoms with E-state index < -0.39 is 0 Å². The van der Waals surface area contributed by atoms with Crippen LogP contribution in [0.25, 0.3) is 0 Å². The Kier molecular flexibility index (Phi) is 3.12. The normalized spacial score (nSPS) is 6.86. The van der Waals surface area contributed by atoms with Crippen molar-refractivity contribution in [2.75, 3.05) is 0 Å². The summed E-state index contributed by atoms with van der Waals surface area (Å²) in [5.74, 6) is 0. The van der Waals surface area contributed by atoms with E-state index in [1.54, 1.807) is 0 Å². The third-order valence-electron chi connectivity index (χ3n) is 0.667. The van der Waals surface area contributed by atoms with Gasteiger partial charge < -0.3 is 0 Å². The van der Waals surface area contributed by atoms with Crippen LogP contribution >= 0.6 is 0 Å². The van der Waals surface area contributed by atoms with Crippen LogP contribution in [0.4, 0.5) is 0 Å². The van der Waals surface area contributed by atoms with E-state index in [0.29, 0.717) is 0 Å². The highest BCUT2D eigenvalue weighted by Crippen LogP contribution is 1.79. The highest BCUT2D eigenvalue weighted by molar-refractivity contribution is 5.75. The maximum Gasteiger partial charge on any atom is 0 e. The summed E-state index contributed by atoms with van der Waals surface area (Å²) in [4.78, 5) is 0. The molecule has 1 aromatic carbocycles. The maximum atomic E-state index is 2.00. The van der Waals surface area contributed by atoms with E-state index in [0.717, 1.165) is 0 Å². The van der Waals surface area contributed by atoms with Crippen molar-refractivity contribution in [1.29, 1.82) is 0 Å². The summed E-state index contributed by atoms with van der Waals surface area (Å²) in [7, 11) is 0. The lowest BCUT2D eigenvalue weighted by molar-refractivity contribution is 1.72. The lowest BCUT2D eigenvalue weighted by Gasteiger charge is -1.69. The molecule has 0 bridgehead atoms. The highest BCUT2D eigenvalue weighted by Gasteiger charge is 1.57. The maximum absolute atomic E-state index is 2.00. The van der Waals surface area contributed by atoms with Crippen LogP contribution in [0.3, 0.4) is 0 Å². The summed E-state index contributed by atoms with van der Waals surface area (Å²) >= 11 is 0. The Morgan fingerprint density at radius 1 is 0.429 bits per heavy atom. The van der Waals surface area contributed by atoms with Crippen LogP contribution in [0.1, 0.15) is 0 Å². The van der Waals surface area contributed by atoms with Crippen LogP contribution in [-0.4, -0.2) is 8.41 Å². The summed E-state index contributed by atoms with van der Waals surface area (Å²) in [5, 5.41) is 0. The first-order valence-electron chi connectivity index (χ1n) is 2.00. The second-order valence-corrected chi connectivity index (χ2v) is 1.15. The lowest BCUT2D eigenvalue weighted by atomic mass is 10.4. The first-order valence-corrected chi connectivity index (χ1v) is 2.00. The summed E-state index contributed by atoms with van der Waals surface area (Å²) in [5.41, 5.74) is 0. The van der Waals surface area contributed by atoms with Crippen molar-refractivity contribution in [2.45, 2.75) is 0 Å². The van der Waals surface area contributed by atoms with Gasteiger partial charge in [0.15, 0.2) is 0 Å². The first-order chi connectivity index (χ1) is 3.00. The van der Waals surface area contributed by atoms with Gasteiger partial charge in [0.2, 0.25) is 0 Å². The van der Waals surface area contributed by atoms with Crippen molar-refractivity contribution in [1.82, 2.24) is 0 Å². The standard InChI is InChI=1S/C6H6.B/c1-2-4-6-5-3-1;/h1-6H;. The molecule has 3 radical (unpaired) electrons. The van der Waals surface area contributed by atoms with Gasteiger partial charge in [0, 0.05) is 8.41 Å². The van der Waals surface area contributed by atoms with Gasteiger partial charge in [-0.05, 0) is 0 Å².